The van der Waals surface area contributed by atoms with Crippen LogP contribution in [0, 0.1) is 12.7 Å². The van der Waals surface area contributed by atoms with E-state index in [9.17, 15) is 27.5 Å². The van der Waals surface area contributed by atoms with Crippen LogP contribution in [0.15, 0.2) is 89.5 Å². The highest BCUT2D eigenvalue weighted by molar-refractivity contribution is 6.30. The van der Waals surface area contributed by atoms with Crippen LogP contribution in [0.4, 0.5) is 17.6 Å². The van der Waals surface area contributed by atoms with Gasteiger partial charge in [0.25, 0.3) is 5.91 Å². The van der Waals surface area contributed by atoms with E-state index < -0.39 is 29.5 Å². The van der Waals surface area contributed by atoms with Crippen LogP contribution in [0.2, 0.25) is 5.02 Å². The van der Waals surface area contributed by atoms with Crippen molar-refractivity contribution in [1.82, 2.24) is 15.5 Å². The van der Waals surface area contributed by atoms with Gasteiger partial charge < -0.3 is 19.7 Å². The highest BCUT2D eigenvalue weighted by Crippen LogP contribution is 2.33. The Balaban J connectivity index is 1.35. The Labute approximate surface area is 247 Å². The first-order valence-corrected chi connectivity index (χ1v) is 13.2. The van der Waals surface area contributed by atoms with Crippen molar-refractivity contribution < 1.29 is 36.7 Å². The average Bonchev–Trinajstić information content (AvgIpc) is 3.41. The van der Waals surface area contributed by atoms with Crippen LogP contribution in [0.25, 0.3) is 11.1 Å². The minimum absolute atomic E-state index is 0.0708. The number of phenolic OH excluding ortho intramolecular Hbond substituents is 1. The number of rotatable bonds is 8. The first-order valence-electron chi connectivity index (χ1n) is 12.8. The van der Waals surface area contributed by atoms with Crippen LogP contribution < -0.4 is 10.1 Å². The summed E-state index contributed by atoms with van der Waals surface area (Å²) >= 11 is 5.82. The lowest BCUT2D eigenvalue weighted by molar-refractivity contribution is -0.137. The molecule has 1 amide bonds. The second-order valence-electron chi connectivity index (χ2n) is 9.54. The van der Waals surface area contributed by atoms with Gasteiger partial charge in [-0.3, -0.25) is 4.79 Å². The van der Waals surface area contributed by atoms with E-state index in [4.69, 9.17) is 20.9 Å². The number of benzene rings is 4. The summed E-state index contributed by atoms with van der Waals surface area (Å²) in [5.41, 5.74) is 0.718. The molecule has 0 unspecified atom stereocenters. The topological polar surface area (TPSA) is 97.5 Å². The molecule has 0 radical (unpaired) electrons. The lowest BCUT2D eigenvalue weighted by Gasteiger charge is -2.17. The van der Waals surface area contributed by atoms with E-state index >= 15 is 0 Å². The van der Waals surface area contributed by atoms with Crippen molar-refractivity contribution in [2.45, 2.75) is 25.6 Å². The molecular formula is C31H22ClF4N3O4. The summed E-state index contributed by atoms with van der Waals surface area (Å²) in [6.45, 7) is 1.62. The molecule has 1 heterocycles. The van der Waals surface area contributed by atoms with E-state index in [1.165, 1.54) is 48.5 Å². The number of nitrogens with one attached hydrogen (secondary N) is 1. The summed E-state index contributed by atoms with van der Waals surface area (Å²) in [7, 11) is 0. The van der Waals surface area contributed by atoms with Gasteiger partial charge in [-0.15, -0.1) is 0 Å². The van der Waals surface area contributed by atoms with Gasteiger partial charge in [0, 0.05) is 12.5 Å². The molecule has 1 aromatic heterocycles. The molecule has 0 saturated heterocycles. The number of aromatic hydroxyl groups is 1. The number of aryl methyl sites for hydroxylation is 1. The summed E-state index contributed by atoms with van der Waals surface area (Å²) in [5.74, 6) is -0.257. The van der Waals surface area contributed by atoms with Gasteiger partial charge in [-0.2, -0.15) is 18.2 Å². The number of ether oxygens (including phenoxy) is 1. The monoisotopic (exact) mass is 611 g/mol. The quantitative estimate of drug-likeness (QED) is 0.172. The zero-order valence-corrected chi connectivity index (χ0v) is 23.1. The predicted molar refractivity (Wildman–Crippen MR) is 149 cm³/mol. The third-order valence-electron chi connectivity index (χ3n) is 6.42. The maximum Gasteiger partial charge on any atom is 0.416 e. The van der Waals surface area contributed by atoms with Gasteiger partial charge in [-0.05, 0) is 72.1 Å². The van der Waals surface area contributed by atoms with Crippen LogP contribution in [0.3, 0.4) is 0 Å². The largest absolute Gasteiger partial charge is 0.507 e. The molecule has 43 heavy (non-hydrogen) atoms. The first kappa shape index (κ1) is 29.6. The summed E-state index contributed by atoms with van der Waals surface area (Å²) in [6.07, 6.45) is -4.26. The number of halogens is 5. The van der Waals surface area contributed by atoms with Crippen LogP contribution >= 0.6 is 11.6 Å². The second-order valence-corrected chi connectivity index (χ2v) is 9.95. The molecule has 0 aliphatic heterocycles. The zero-order chi connectivity index (χ0) is 30.7. The number of hydrogen-bond acceptors (Lipinski definition) is 6. The molecular weight excluding hydrogens is 590 g/mol. The molecule has 0 aliphatic carbocycles. The summed E-state index contributed by atoms with van der Waals surface area (Å²) in [4.78, 5) is 17.6. The molecule has 0 fully saturated rings. The van der Waals surface area contributed by atoms with Gasteiger partial charge in [0.15, 0.2) is 5.82 Å². The Morgan fingerprint density at radius 2 is 1.65 bits per heavy atom. The standard InChI is InChI=1S/C31H22ClF4N3O4/c1-17-37-30(43-39-17)27(14-18-2-9-22(10-3-18)42-23-11-12-26(33)25(32)16-23)38-29(41)24-15-20(6-13-28(24)40)19-4-7-21(8-5-19)31(34,35)36/h2-13,15-16,27,40H,14H2,1H3,(H,38,41)/t27-/m1/s1. The number of nitrogens with zero attached hydrogens (tertiary/aromatic N) is 2. The Bertz CT molecular complexity index is 1760. The van der Waals surface area contributed by atoms with Crippen molar-refractivity contribution in [2.24, 2.45) is 0 Å². The fraction of sp³-hybridized carbons (Fsp3) is 0.129. The Morgan fingerprint density at radius 3 is 2.28 bits per heavy atom. The highest BCUT2D eigenvalue weighted by atomic mass is 35.5. The van der Waals surface area contributed by atoms with E-state index in [2.05, 4.69) is 15.5 Å². The third-order valence-corrected chi connectivity index (χ3v) is 6.71. The number of aromatic nitrogens is 2. The van der Waals surface area contributed by atoms with Crippen molar-refractivity contribution >= 4 is 17.5 Å². The lowest BCUT2D eigenvalue weighted by atomic mass is 10.00. The van der Waals surface area contributed by atoms with Crippen molar-refractivity contribution in [3.05, 3.63) is 124 Å². The molecule has 4 aromatic carbocycles. The van der Waals surface area contributed by atoms with Crippen LogP contribution in [0.1, 0.15) is 39.2 Å². The zero-order valence-electron chi connectivity index (χ0n) is 22.3. The van der Waals surface area contributed by atoms with Gasteiger partial charge in [-0.1, -0.05) is 47.1 Å². The molecule has 12 heteroatoms. The fourth-order valence-corrected chi connectivity index (χ4v) is 4.42. The summed E-state index contributed by atoms with van der Waals surface area (Å²) < 4.78 is 63.4. The highest BCUT2D eigenvalue weighted by Gasteiger charge is 2.30. The van der Waals surface area contributed by atoms with E-state index in [1.807, 2.05) is 0 Å². The summed E-state index contributed by atoms with van der Waals surface area (Å²) in [5, 5.41) is 17.0. The molecule has 1 atom stereocenters. The molecule has 0 aliphatic rings. The van der Waals surface area contributed by atoms with Crippen LogP contribution in [-0.2, 0) is 12.6 Å². The molecule has 0 spiro atoms. The maximum absolute atomic E-state index is 13.4. The van der Waals surface area contributed by atoms with Gasteiger partial charge in [0.2, 0.25) is 5.89 Å². The van der Waals surface area contributed by atoms with Gasteiger partial charge in [0.1, 0.15) is 29.1 Å². The average molecular weight is 612 g/mol. The van der Waals surface area contributed by atoms with Gasteiger partial charge in [0.05, 0.1) is 16.1 Å². The number of carbonyl (C=O) groups is 1. The van der Waals surface area contributed by atoms with Gasteiger partial charge >= 0.3 is 6.18 Å². The van der Waals surface area contributed by atoms with E-state index in [0.717, 1.165) is 17.7 Å². The predicted octanol–water partition coefficient (Wildman–Crippen LogP) is 8.07. The van der Waals surface area contributed by atoms with Gasteiger partial charge in [-0.25, -0.2) is 4.39 Å². The van der Waals surface area contributed by atoms with E-state index in [1.54, 1.807) is 31.2 Å². The third kappa shape index (κ3) is 7.12. The number of carbonyl (C=O) groups excluding carboxylic acids is 1. The smallest absolute Gasteiger partial charge is 0.416 e. The Hall–Kier alpha value is -4.90. The van der Waals surface area contributed by atoms with E-state index in [0.29, 0.717) is 28.5 Å². The van der Waals surface area contributed by atoms with Crippen molar-refractivity contribution in [2.75, 3.05) is 0 Å². The van der Waals surface area contributed by atoms with E-state index in [-0.39, 0.29) is 28.6 Å². The minimum atomic E-state index is -4.48. The number of hydrogen-bond donors (Lipinski definition) is 2. The summed E-state index contributed by atoms with van der Waals surface area (Å²) in [6, 6.07) is 18.7. The number of alkyl halides is 3. The molecule has 5 rings (SSSR count). The normalized spacial score (nSPS) is 12.1. The number of phenols is 1. The fourth-order valence-electron chi connectivity index (χ4n) is 4.25. The van der Waals surface area contributed by atoms with Crippen molar-refractivity contribution in [3.8, 4) is 28.4 Å². The minimum Gasteiger partial charge on any atom is -0.507 e. The van der Waals surface area contributed by atoms with Crippen molar-refractivity contribution in [3.63, 3.8) is 0 Å². The second kappa shape index (κ2) is 12.1. The molecule has 5 aromatic rings. The molecule has 7 nitrogen and oxygen atoms in total. The Kier molecular flexibility index (Phi) is 8.36. The van der Waals surface area contributed by atoms with Crippen molar-refractivity contribution in [1.29, 1.82) is 0 Å². The van der Waals surface area contributed by atoms with Crippen LogP contribution in [0.5, 0.6) is 17.2 Å². The lowest BCUT2D eigenvalue weighted by Crippen LogP contribution is -2.30. The maximum atomic E-state index is 13.4. The molecule has 220 valence electrons. The van der Waals surface area contributed by atoms with Crippen LogP contribution in [-0.4, -0.2) is 21.2 Å². The molecule has 0 bridgehead atoms. The Morgan fingerprint density at radius 1 is 0.977 bits per heavy atom. The molecule has 0 saturated carbocycles. The first-order chi connectivity index (χ1) is 20.5. The molecule has 2 N–H and O–H groups in total. The number of amides is 1. The SMILES string of the molecule is Cc1noc([C@@H](Cc2ccc(Oc3ccc(F)c(Cl)c3)cc2)NC(=O)c2cc(-c3ccc(C(F)(F)F)cc3)ccc2O)n1.